The highest BCUT2D eigenvalue weighted by atomic mass is 35.5. The first-order chi connectivity index (χ1) is 19.9. The minimum absolute atomic E-state index is 0.0269. The van der Waals surface area contributed by atoms with Crippen molar-refractivity contribution < 1.29 is 14.3 Å². The Morgan fingerprint density at radius 2 is 1.73 bits per heavy atom. The molecule has 3 aromatic rings. The van der Waals surface area contributed by atoms with Gasteiger partial charge in [0.2, 0.25) is 5.91 Å². The average molecular weight is 572 g/mol. The SMILES string of the molecule is CC(=O)N1C[C@H]2CC(c3cccc(CCCOc4ccc(Cl)cc4)c3)=C(C(=O)N(C)CCc3ccccc3)[C@@H](C1)N2. The zero-order valence-electron chi connectivity index (χ0n) is 23.8. The molecule has 0 unspecified atom stereocenters. The van der Waals surface area contributed by atoms with Crippen molar-refractivity contribution in [2.75, 3.05) is 33.3 Å². The fourth-order valence-electron chi connectivity index (χ4n) is 5.78. The lowest BCUT2D eigenvalue weighted by Gasteiger charge is -2.44. The molecule has 0 aromatic heterocycles. The maximum Gasteiger partial charge on any atom is 0.251 e. The molecule has 41 heavy (non-hydrogen) atoms. The van der Waals surface area contributed by atoms with Gasteiger partial charge in [0.1, 0.15) is 5.75 Å². The molecule has 3 aromatic carbocycles. The van der Waals surface area contributed by atoms with Crippen LogP contribution in [0.2, 0.25) is 5.02 Å². The molecule has 2 bridgehead atoms. The summed E-state index contributed by atoms with van der Waals surface area (Å²) in [6, 6.07) is 26.1. The number of benzene rings is 3. The van der Waals surface area contributed by atoms with Crippen molar-refractivity contribution in [3.05, 3.63) is 106 Å². The Balaban J connectivity index is 1.34. The van der Waals surface area contributed by atoms with E-state index in [2.05, 4.69) is 41.7 Å². The quantitative estimate of drug-likeness (QED) is 0.331. The van der Waals surface area contributed by atoms with Crippen LogP contribution in [-0.4, -0.2) is 67.0 Å². The number of fused-ring (bicyclic) bond motifs is 2. The molecule has 1 N–H and O–H groups in total. The number of nitrogens with one attached hydrogen (secondary N) is 1. The lowest BCUT2D eigenvalue weighted by atomic mass is 9.82. The highest BCUT2D eigenvalue weighted by molar-refractivity contribution is 6.30. The van der Waals surface area contributed by atoms with E-state index in [9.17, 15) is 9.59 Å². The van der Waals surface area contributed by atoms with E-state index in [1.807, 2.05) is 59.3 Å². The zero-order chi connectivity index (χ0) is 28.8. The molecule has 0 spiro atoms. The van der Waals surface area contributed by atoms with Gasteiger partial charge in [-0.2, -0.15) is 0 Å². The summed E-state index contributed by atoms with van der Waals surface area (Å²) < 4.78 is 5.88. The Hall–Kier alpha value is -3.61. The number of likely N-dealkylation sites (N-methyl/N-ethyl adjacent to an activating group) is 1. The summed E-state index contributed by atoms with van der Waals surface area (Å²) in [5.74, 6) is 0.893. The van der Waals surface area contributed by atoms with Gasteiger partial charge in [-0.3, -0.25) is 9.59 Å². The molecule has 2 aliphatic rings. The molecule has 0 aliphatic carbocycles. The maximum atomic E-state index is 14.0. The lowest BCUT2D eigenvalue weighted by molar-refractivity contribution is -0.132. The van der Waals surface area contributed by atoms with Gasteiger partial charge in [0.25, 0.3) is 5.91 Å². The van der Waals surface area contributed by atoms with Crippen LogP contribution in [0.5, 0.6) is 5.75 Å². The Morgan fingerprint density at radius 1 is 0.976 bits per heavy atom. The van der Waals surface area contributed by atoms with E-state index in [4.69, 9.17) is 16.3 Å². The van der Waals surface area contributed by atoms with Gasteiger partial charge in [0.05, 0.1) is 12.6 Å². The second-order valence-corrected chi connectivity index (χ2v) is 11.4. The Labute approximate surface area is 247 Å². The maximum absolute atomic E-state index is 14.0. The summed E-state index contributed by atoms with van der Waals surface area (Å²) in [6.07, 6.45) is 3.24. The van der Waals surface area contributed by atoms with E-state index >= 15 is 0 Å². The normalized spacial score (nSPS) is 18.3. The first-order valence-corrected chi connectivity index (χ1v) is 14.8. The van der Waals surface area contributed by atoms with Gasteiger partial charge in [0, 0.05) is 50.2 Å². The highest BCUT2D eigenvalue weighted by Crippen LogP contribution is 2.34. The second kappa shape index (κ2) is 13.4. The number of hydrogen-bond donors (Lipinski definition) is 1. The standard InChI is InChI=1S/C34H38ClN3O3/c1-24(39)38-22-29-21-31(27-12-6-10-26(20-27)11-7-19-41-30-15-13-28(35)14-16-30)33(32(23-38)36-29)34(40)37(2)18-17-25-8-4-3-5-9-25/h3-6,8-10,12-16,20,29,32,36H,7,11,17-19,21-23H2,1-2H3/t29-,32-/m1/s1. The molecule has 5 rings (SSSR count). The van der Waals surface area contributed by atoms with E-state index in [-0.39, 0.29) is 23.9 Å². The second-order valence-electron chi connectivity index (χ2n) is 11.0. The molecule has 7 heteroatoms. The summed E-state index contributed by atoms with van der Waals surface area (Å²) in [4.78, 5) is 30.0. The Morgan fingerprint density at radius 3 is 2.49 bits per heavy atom. The van der Waals surface area contributed by atoms with E-state index < -0.39 is 0 Å². The number of rotatable bonds is 10. The molecule has 2 heterocycles. The highest BCUT2D eigenvalue weighted by Gasteiger charge is 2.39. The molecule has 0 radical (unpaired) electrons. The fraction of sp³-hybridized carbons (Fsp3) is 0.353. The Bertz CT molecular complexity index is 1390. The van der Waals surface area contributed by atoms with Gasteiger partial charge in [-0.25, -0.2) is 0 Å². The molecule has 1 saturated heterocycles. The topological polar surface area (TPSA) is 61.9 Å². The summed E-state index contributed by atoms with van der Waals surface area (Å²) in [6.45, 7) is 4.01. The van der Waals surface area contributed by atoms with Gasteiger partial charge in [0.15, 0.2) is 0 Å². The first-order valence-electron chi connectivity index (χ1n) is 14.4. The monoisotopic (exact) mass is 571 g/mol. The number of carbonyl (C=O) groups is 2. The van der Waals surface area contributed by atoms with Crippen LogP contribution in [0.25, 0.3) is 5.57 Å². The third-order valence-electron chi connectivity index (χ3n) is 7.97. The molecule has 0 saturated carbocycles. The molecule has 6 nitrogen and oxygen atoms in total. The first kappa shape index (κ1) is 28.9. The van der Waals surface area contributed by atoms with Crippen molar-refractivity contribution in [1.29, 1.82) is 0 Å². The van der Waals surface area contributed by atoms with Gasteiger partial charge < -0.3 is 19.9 Å². The number of halogens is 1. The van der Waals surface area contributed by atoms with Crippen LogP contribution in [0.1, 0.15) is 36.5 Å². The molecular formula is C34H38ClN3O3. The minimum atomic E-state index is -0.190. The largest absolute Gasteiger partial charge is 0.494 e. The van der Waals surface area contributed by atoms with Crippen LogP contribution >= 0.6 is 11.6 Å². The predicted molar refractivity (Wildman–Crippen MR) is 164 cm³/mol. The molecule has 2 atom stereocenters. The Kier molecular flexibility index (Phi) is 9.42. The summed E-state index contributed by atoms with van der Waals surface area (Å²) >= 11 is 5.97. The third-order valence-corrected chi connectivity index (χ3v) is 8.23. The molecule has 2 aliphatic heterocycles. The van der Waals surface area contributed by atoms with E-state index in [0.717, 1.165) is 41.7 Å². The lowest BCUT2D eigenvalue weighted by Crippen LogP contribution is -2.61. The van der Waals surface area contributed by atoms with Crippen LogP contribution in [-0.2, 0) is 22.4 Å². The number of ether oxygens (including phenoxy) is 1. The number of nitrogens with zero attached hydrogens (tertiary/aromatic N) is 2. The predicted octanol–water partition coefficient (Wildman–Crippen LogP) is 5.40. The molecule has 214 valence electrons. The molecule has 1 fully saturated rings. The van der Waals surface area contributed by atoms with Gasteiger partial charge in [-0.15, -0.1) is 0 Å². The number of hydrogen-bond acceptors (Lipinski definition) is 4. The van der Waals surface area contributed by atoms with Crippen LogP contribution in [0, 0.1) is 0 Å². The number of piperazine rings is 1. The van der Waals surface area contributed by atoms with Gasteiger partial charge >= 0.3 is 0 Å². The zero-order valence-corrected chi connectivity index (χ0v) is 24.6. The van der Waals surface area contributed by atoms with Crippen molar-refractivity contribution in [2.24, 2.45) is 0 Å². The van der Waals surface area contributed by atoms with Gasteiger partial charge in [-0.05, 0) is 72.2 Å². The van der Waals surface area contributed by atoms with Crippen molar-refractivity contribution in [3.8, 4) is 5.75 Å². The summed E-state index contributed by atoms with van der Waals surface area (Å²) in [7, 11) is 1.88. The van der Waals surface area contributed by atoms with Gasteiger partial charge in [-0.1, -0.05) is 66.2 Å². The van der Waals surface area contributed by atoms with Crippen LogP contribution in [0.3, 0.4) is 0 Å². The van der Waals surface area contributed by atoms with E-state index in [1.54, 1.807) is 6.92 Å². The number of amides is 2. The summed E-state index contributed by atoms with van der Waals surface area (Å²) in [5, 5.41) is 4.34. The van der Waals surface area contributed by atoms with Crippen molar-refractivity contribution in [3.63, 3.8) is 0 Å². The smallest absolute Gasteiger partial charge is 0.251 e. The third kappa shape index (κ3) is 7.38. The number of carbonyl (C=O) groups excluding carboxylic acids is 2. The summed E-state index contributed by atoms with van der Waals surface area (Å²) in [5.41, 5.74) is 5.39. The van der Waals surface area contributed by atoms with Crippen LogP contribution in [0.4, 0.5) is 0 Å². The molecular weight excluding hydrogens is 534 g/mol. The number of aryl methyl sites for hydroxylation is 1. The van der Waals surface area contributed by atoms with Crippen molar-refractivity contribution in [1.82, 2.24) is 15.1 Å². The van der Waals surface area contributed by atoms with Crippen LogP contribution < -0.4 is 10.1 Å². The van der Waals surface area contributed by atoms with E-state index in [0.29, 0.717) is 37.7 Å². The molecule has 2 amide bonds. The average Bonchev–Trinajstić information content (AvgIpc) is 2.99. The van der Waals surface area contributed by atoms with Crippen molar-refractivity contribution >= 4 is 29.0 Å². The van der Waals surface area contributed by atoms with E-state index in [1.165, 1.54) is 11.1 Å². The van der Waals surface area contributed by atoms with Crippen LogP contribution in [0.15, 0.2) is 84.4 Å². The fourth-order valence-corrected chi connectivity index (χ4v) is 5.91. The van der Waals surface area contributed by atoms with Crippen molar-refractivity contribution in [2.45, 2.75) is 44.7 Å². The minimum Gasteiger partial charge on any atom is -0.494 e.